The molecule has 5 nitrogen and oxygen atoms in total. The van der Waals surface area contributed by atoms with Crippen molar-refractivity contribution in [3.63, 3.8) is 0 Å². The number of H-pyrrole nitrogens is 1. The SMILES string of the molecule is CN(Cc1nc2ccccc2c(=O)[nH]1)C(=O)CCSCc1ccc(F)cc1. The molecule has 140 valence electrons. The Morgan fingerprint density at radius 1 is 1.19 bits per heavy atom. The molecule has 27 heavy (non-hydrogen) atoms. The summed E-state index contributed by atoms with van der Waals surface area (Å²) in [6, 6.07) is 13.5. The summed E-state index contributed by atoms with van der Waals surface area (Å²) in [7, 11) is 1.70. The number of rotatable bonds is 7. The number of amides is 1. The Balaban J connectivity index is 1.50. The summed E-state index contributed by atoms with van der Waals surface area (Å²) >= 11 is 1.63. The molecule has 0 aliphatic rings. The number of fused-ring (bicyclic) bond motifs is 1. The maximum Gasteiger partial charge on any atom is 0.258 e. The third-order valence-corrected chi connectivity index (χ3v) is 5.15. The fraction of sp³-hybridized carbons (Fsp3) is 0.250. The number of hydrogen-bond donors (Lipinski definition) is 1. The highest BCUT2D eigenvalue weighted by Gasteiger charge is 2.11. The maximum absolute atomic E-state index is 12.9. The van der Waals surface area contributed by atoms with Crippen molar-refractivity contribution in [1.82, 2.24) is 14.9 Å². The number of aromatic nitrogens is 2. The van der Waals surface area contributed by atoms with Crippen LogP contribution in [0.1, 0.15) is 17.8 Å². The summed E-state index contributed by atoms with van der Waals surface area (Å²) in [5.74, 6) is 1.60. The number of carbonyl (C=O) groups excluding carboxylic acids is 1. The van der Waals surface area contributed by atoms with Crippen LogP contribution in [0.2, 0.25) is 0 Å². The fourth-order valence-electron chi connectivity index (χ4n) is 2.64. The minimum Gasteiger partial charge on any atom is -0.338 e. The Hall–Kier alpha value is -2.67. The third-order valence-electron chi connectivity index (χ3n) is 4.12. The van der Waals surface area contributed by atoms with Crippen molar-refractivity contribution in [1.29, 1.82) is 0 Å². The normalized spacial score (nSPS) is 10.9. The molecule has 0 aliphatic heterocycles. The number of nitrogens with one attached hydrogen (secondary N) is 1. The van der Waals surface area contributed by atoms with E-state index in [1.165, 1.54) is 12.1 Å². The summed E-state index contributed by atoms with van der Waals surface area (Å²) in [5.41, 5.74) is 1.44. The molecule has 1 aromatic heterocycles. The van der Waals surface area contributed by atoms with Crippen LogP contribution in [-0.4, -0.2) is 33.6 Å². The zero-order valence-electron chi connectivity index (χ0n) is 14.9. The Kier molecular flexibility index (Phi) is 6.24. The van der Waals surface area contributed by atoms with Gasteiger partial charge in [-0.05, 0) is 29.8 Å². The number of nitrogens with zero attached hydrogens (tertiary/aromatic N) is 2. The largest absolute Gasteiger partial charge is 0.338 e. The van der Waals surface area contributed by atoms with Crippen LogP contribution in [0.25, 0.3) is 10.9 Å². The molecule has 0 atom stereocenters. The molecule has 0 aliphatic carbocycles. The monoisotopic (exact) mass is 385 g/mol. The maximum atomic E-state index is 12.9. The lowest BCUT2D eigenvalue weighted by Crippen LogP contribution is -2.28. The van der Waals surface area contributed by atoms with Crippen molar-refractivity contribution in [2.75, 3.05) is 12.8 Å². The first kappa shape index (κ1) is 19.1. The van der Waals surface area contributed by atoms with Gasteiger partial charge in [0, 0.05) is 25.0 Å². The highest BCUT2D eigenvalue weighted by Crippen LogP contribution is 2.14. The fourth-order valence-corrected chi connectivity index (χ4v) is 3.54. The van der Waals surface area contributed by atoms with Crippen molar-refractivity contribution in [2.45, 2.75) is 18.7 Å². The highest BCUT2D eigenvalue weighted by atomic mass is 32.2. The molecule has 3 rings (SSSR count). The van der Waals surface area contributed by atoms with Gasteiger partial charge in [-0.3, -0.25) is 9.59 Å². The van der Waals surface area contributed by atoms with E-state index >= 15 is 0 Å². The lowest BCUT2D eigenvalue weighted by molar-refractivity contribution is -0.130. The third kappa shape index (κ3) is 5.17. The highest BCUT2D eigenvalue weighted by molar-refractivity contribution is 7.98. The quantitative estimate of drug-likeness (QED) is 0.634. The van der Waals surface area contributed by atoms with Crippen molar-refractivity contribution in [2.24, 2.45) is 0 Å². The zero-order chi connectivity index (χ0) is 19.2. The zero-order valence-corrected chi connectivity index (χ0v) is 15.8. The van der Waals surface area contributed by atoms with Gasteiger partial charge < -0.3 is 9.88 Å². The Morgan fingerprint density at radius 2 is 1.93 bits per heavy atom. The number of thioether (sulfide) groups is 1. The van der Waals surface area contributed by atoms with Crippen LogP contribution in [-0.2, 0) is 17.1 Å². The lowest BCUT2D eigenvalue weighted by Gasteiger charge is -2.16. The topological polar surface area (TPSA) is 66.1 Å². The molecule has 0 fully saturated rings. The van der Waals surface area contributed by atoms with Crippen molar-refractivity contribution >= 4 is 28.6 Å². The van der Waals surface area contributed by atoms with Gasteiger partial charge in [-0.15, -0.1) is 0 Å². The first-order chi connectivity index (χ1) is 13.0. The number of carbonyl (C=O) groups is 1. The summed E-state index contributed by atoms with van der Waals surface area (Å²) in [4.78, 5) is 33.1. The molecule has 0 radical (unpaired) electrons. The van der Waals surface area contributed by atoms with Gasteiger partial charge in [0.2, 0.25) is 5.91 Å². The van der Waals surface area contributed by atoms with Crippen molar-refractivity contribution in [3.8, 4) is 0 Å². The summed E-state index contributed by atoms with van der Waals surface area (Å²) in [6.45, 7) is 0.252. The van der Waals surface area contributed by atoms with Crippen LogP contribution in [0.5, 0.6) is 0 Å². The van der Waals surface area contributed by atoms with E-state index in [4.69, 9.17) is 0 Å². The van der Waals surface area contributed by atoms with E-state index in [1.807, 2.05) is 6.07 Å². The lowest BCUT2D eigenvalue weighted by atomic mass is 10.2. The predicted octanol–water partition coefficient (Wildman–Crippen LogP) is 3.34. The molecule has 2 aromatic carbocycles. The first-order valence-corrected chi connectivity index (χ1v) is 9.72. The molecule has 0 bridgehead atoms. The molecule has 1 heterocycles. The average molecular weight is 385 g/mol. The van der Waals surface area contributed by atoms with Gasteiger partial charge in [-0.25, -0.2) is 9.37 Å². The molecule has 1 amide bonds. The summed E-state index contributed by atoms with van der Waals surface area (Å²) < 4.78 is 12.9. The summed E-state index contributed by atoms with van der Waals surface area (Å²) in [6.07, 6.45) is 0.389. The van der Waals surface area contributed by atoms with E-state index in [2.05, 4.69) is 9.97 Å². The molecule has 0 saturated carbocycles. The van der Waals surface area contributed by atoms with Gasteiger partial charge in [0.05, 0.1) is 17.4 Å². The molecular formula is C20H20FN3O2S. The second-order valence-corrected chi connectivity index (χ2v) is 7.31. The van der Waals surface area contributed by atoms with E-state index in [1.54, 1.807) is 54.0 Å². The Morgan fingerprint density at radius 3 is 2.70 bits per heavy atom. The number of hydrogen-bond acceptors (Lipinski definition) is 4. The van der Waals surface area contributed by atoms with Crippen molar-refractivity contribution < 1.29 is 9.18 Å². The van der Waals surface area contributed by atoms with E-state index in [0.29, 0.717) is 28.9 Å². The van der Waals surface area contributed by atoms with E-state index in [9.17, 15) is 14.0 Å². The number of benzene rings is 2. The number of aromatic amines is 1. The number of halogens is 1. The molecule has 0 unspecified atom stereocenters. The molecular weight excluding hydrogens is 365 g/mol. The Bertz CT molecular complexity index is 988. The minimum atomic E-state index is -0.249. The second kappa shape index (κ2) is 8.81. The number of para-hydroxylation sites is 1. The van der Waals surface area contributed by atoms with Gasteiger partial charge in [0.25, 0.3) is 5.56 Å². The molecule has 0 saturated heterocycles. The van der Waals surface area contributed by atoms with Gasteiger partial charge in [-0.2, -0.15) is 11.8 Å². The van der Waals surface area contributed by atoms with Crippen LogP contribution in [0.15, 0.2) is 53.3 Å². The van der Waals surface area contributed by atoms with Gasteiger partial charge in [0.1, 0.15) is 11.6 Å². The minimum absolute atomic E-state index is 0.0163. The van der Waals surface area contributed by atoms with Crippen LogP contribution < -0.4 is 5.56 Å². The van der Waals surface area contributed by atoms with Gasteiger partial charge in [-0.1, -0.05) is 24.3 Å². The van der Waals surface area contributed by atoms with Crippen LogP contribution >= 0.6 is 11.8 Å². The van der Waals surface area contributed by atoms with Crippen molar-refractivity contribution in [3.05, 3.63) is 76.1 Å². The molecule has 7 heteroatoms. The Labute approximate surface area is 160 Å². The molecule has 1 N–H and O–H groups in total. The van der Waals surface area contributed by atoms with Crippen LogP contribution in [0, 0.1) is 5.82 Å². The standard InChI is InChI=1S/C20H20FN3O2S/c1-24(12-18-22-17-5-3-2-4-16(17)20(26)23-18)19(25)10-11-27-13-14-6-8-15(21)9-7-14/h2-9H,10-13H2,1H3,(H,22,23,26). The van der Waals surface area contributed by atoms with Crippen LogP contribution in [0.4, 0.5) is 4.39 Å². The summed E-state index contributed by atoms with van der Waals surface area (Å²) in [5, 5.41) is 0.535. The van der Waals surface area contributed by atoms with Crippen LogP contribution in [0.3, 0.4) is 0 Å². The predicted molar refractivity (Wildman–Crippen MR) is 106 cm³/mol. The first-order valence-electron chi connectivity index (χ1n) is 8.57. The van der Waals surface area contributed by atoms with E-state index < -0.39 is 0 Å². The van der Waals surface area contributed by atoms with E-state index in [0.717, 1.165) is 11.3 Å². The van der Waals surface area contributed by atoms with Gasteiger partial charge >= 0.3 is 0 Å². The smallest absolute Gasteiger partial charge is 0.258 e. The molecule has 3 aromatic rings. The average Bonchev–Trinajstić information content (AvgIpc) is 2.66. The molecule has 0 spiro atoms. The second-order valence-electron chi connectivity index (χ2n) is 6.21. The van der Waals surface area contributed by atoms with E-state index in [-0.39, 0.29) is 23.8 Å². The van der Waals surface area contributed by atoms with Gasteiger partial charge in [0.15, 0.2) is 0 Å².